The molecule has 0 radical (unpaired) electrons. The third-order valence-corrected chi connectivity index (χ3v) is 5.02. The van der Waals surface area contributed by atoms with E-state index in [0.717, 1.165) is 13.1 Å². The molecule has 0 aromatic heterocycles. The molecule has 0 N–H and O–H groups in total. The third-order valence-electron chi connectivity index (χ3n) is 3.83. The molecule has 1 fully saturated rings. The quantitative estimate of drug-likeness (QED) is 0.796. The van der Waals surface area contributed by atoms with Gasteiger partial charge >= 0.3 is 0 Å². The molecule has 122 valence electrons. The van der Waals surface area contributed by atoms with Crippen molar-refractivity contribution in [2.45, 2.75) is 6.42 Å². The smallest absolute Gasteiger partial charge is 0.232 e. The maximum Gasteiger partial charge on any atom is 0.232 e. The molecule has 0 spiro atoms. The number of carbonyl (C=O) groups excluding carboxylic acids is 1. The fraction of sp³-hybridized carbons (Fsp3) is 0.533. The lowest BCUT2D eigenvalue weighted by Gasteiger charge is -2.33. The highest BCUT2D eigenvalue weighted by Gasteiger charge is 2.22. The molecule has 1 aromatic carbocycles. The summed E-state index contributed by atoms with van der Waals surface area (Å²) in [6.45, 7) is 3.31. The third kappa shape index (κ3) is 4.45. The number of para-hydroxylation sites is 1. The second-order valence-corrected chi connectivity index (χ2v) is 7.51. The number of amides is 1. The summed E-state index contributed by atoms with van der Waals surface area (Å²) in [5, 5.41) is 0. The van der Waals surface area contributed by atoms with E-state index < -0.39 is 10.0 Å². The van der Waals surface area contributed by atoms with Crippen LogP contribution in [0.4, 0.5) is 5.69 Å². The lowest BCUT2D eigenvalue weighted by atomic mass is 10.2. The predicted molar refractivity (Wildman–Crippen MR) is 87.3 cm³/mol. The van der Waals surface area contributed by atoms with Gasteiger partial charge in [0.25, 0.3) is 0 Å². The first-order valence-corrected chi connectivity index (χ1v) is 9.22. The molecule has 6 nitrogen and oxygen atoms in total. The summed E-state index contributed by atoms with van der Waals surface area (Å²) in [4.78, 5) is 16.2. The van der Waals surface area contributed by atoms with Crippen molar-refractivity contribution >= 4 is 21.6 Å². The molecule has 1 amide bonds. The van der Waals surface area contributed by atoms with E-state index >= 15 is 0 Å². The number of rotatable bonds is 5. The van der Waals surface area contributed by atoms with E-state index in [2.05, 4.69) is 4.90 Å². The summed E-state index contributed by atoms with van der Waals surface area (Å²) in [6.07, 6.45) is 1.37. The molecule has 0 aliphatic carbocycles. The molecular weight excluding hydrogens is 302 g/mol. The van der Waals surface area contributed by atoms with E-state index in [1.165, 1.54) is 10.6 Å². The Labute approximate surface area is 132 Å². The average molecular weight is 325 g/mol. The standard InChI is InChI=1S/C15H23N3O3S/c1-16-10-12-17(13-11-16)15(19)8-9-18(22(2,20)21)14-6-4-3-5-7-14/h3-7H,8-13H2,1-2H3. The van der Waals surface area contributed by atoms with Gasteiger partial charge in [-0.3, -0.25) is 9.10 Å². The maximum absolute atomic E-state index is 12.3. The zero-order chi connectivity index (χ0) is 16.2. The number of benzene rings is 1. The number of hydrogen-bond acceptors (Lipinski definition) is 4. The second-order valence-electron chi connectivity index (χ2n) is 5.60. The van der Waals surface area contributed by atoms with Crippen LogP contribution in [-0.4, -0.2) is 70.2 Å². The van der Waals surface area contributed by atoms with Gasteiger partial charge in [-0.05, 0) is 19.2 Å². The van der Waals surface area contributed by atoms with Crippen LogP contribution in [0.1, 0.15) is 6.42 Å². The maximum atomic E-state index is 12.3. The Morgan fingerprint density at radius 2 is 1.73 bits per heavy atom. The molecule has 0 unspecified atom stereocenters. The number of hydrogen-bond donors (Lipinski definition) is 0. The summed E-state index contributed by atoms with van der Waals surface area (Å²) < 4.78 is 25.2. The highest BCUT2D eigenvalue weighted by molar-refractivity contribution is 7.92. The van der Waals surface area contributed by atoms with Crippen LogP contribution in [0.3, 0.4) is 0 Å². The second kappa shape index (κ2) is 7.11. The highest BCUT2D eigenvalue weighted by Crippen LogP contribution is 2.17. The Hall–Kier alpha value is -1.60. The minimum Gasteiger partial charge on any atom is -0.340 e. The van der Waals surface area contributed by atoms with Crippen molar-refractivity contribution in [1.82, 2.24) is 9.80 Å². The highest BCUT2D eigenvalue weighted by atomic mass is 32.2. The SMILES string of the molecule is CN1CCN(C(=O)CCN(c2ccccc2)S(C)(=O)=O)CC1. The van der Waals surface area contributed by atoms with Crippen molar-refractivity contribution in [2.24, 2.45) is 0 Å². The largest absolute Gasteiger partial charge is 0.340 e. The summed E-state index contributed by atoms with van der Waals surface area (Å²) in [5.41, 5.74) is 0.594. The normalized spacial score (nSPS) is 16.5. The van der Waals surface area contributed by atoms with Crippen LogP contribution >= 0.6 is 0 Å². The van der Waals surface area contributed by atoms with Gasteiger partial charge in [0.2, 0.25) is 15.9 Å². The van der Waals surface area contributed by atoms with Gasteiger partial charge in [-0.15, -0.1) is 0 Å². The number of carbonyl (C=O) groups is 1. The molecule has 1 aromatic rings. The monoisotopic (exact) mass is 325 g/mol. The van der Waals surface area contributed by atoms with Crippen molar-refractivity contribution in [2.75, 3.05) is 50.3 Å². The number of anilines is 1. The van der Waals surface area contributed by atoms with E-state index in [0.29, 0.717) is 18.8 Å². The summed E-state index contributed by atoms with van der Waals surface area (Å²) in [5.74, 6) is 0.0117. The Morgan fingerprint density at radius 1 is 1.14 bits per heavy atom. The fourth-order valence-electron chi connectivity index (χ4n) is 2.49. The van der Waals surface area contributed by atoms with E-state index in [-0.39, 0.29) is 18.9 Å². The Morgan fingerprint density at radius 3 is 2.27 bits per heavy atom. The molecule has 0 atom stereocenters. The van der Waals surface area contributed by atoms with Crippen molar-refractivity contribution in [3.63, 3.8) is 0 Å². The first-order chi connectivity index (χ1) is 10.4. The summed E-state index contributed by atoms with van der Waals surface area (Å²) >= 11 is 0. The van der Waals surface area contributed by atoms with Gasteiger partial charge in [-0.2, -0.15) is 0 Å². The molecule has 22 heavy (non-hydrogen) atoms. The van der Waals surface area contributed by atoms with Crippen LogP contribution in [0.25, 0.3) is 0 Å². The average Bonchev–Trinajstić information content (AvgIpc) is 2.47. The topological polar surface area (TPSA) is 60.9 Å². The molecule has 1 saturated heterocycles. The van der Waals surface area contributed by atoms with Crippen molar-refractivity contribution in [3.8, 4) is 0 Å². The van der Waals surface area contributed by atoms with E-state index in [9.17, 15) is 13.2 Å². The molecular formula is C15H23N3O3S. The summed E-state index contributed by atoms with van der Waals surface area (Å²) in [7, 11) is -1.37. The number of piperazine rings is 1. The van der Waals surface area contributed by atoms with Gasteiger partial charge in [0.1, 0.15) is 0 Å². The molecule has 0 saturated carbocycles. The minimum atomic E-state index is -3.40. The van der Waals surface area contributed by atoms with Gasteiger partial charge in [0.05, 0.1) is 11.9 Å². The van der Waals surface area contributed by atoms with Crippen molar-refractivity contribution < 1.29 is 13.2 Å². The van der Waals surface area contributed by atoms with Gasteiger partial charge in [-0.1, -0.05) is 18.2 Å². The van der Waals surface area contributed by atoms with Gasteiger partial charge in [-0.25, -0.2) is 8.42 Å². The molecule has 1 aliphatic heterocycles. The van der Waals surface area contributed by atoms with E-state index in [1.54, 1.807) is 24.3 Å². The number of nitrogens with zero attached hydrogens (tertiary/aromatic N) is 3. The van der Waals surface area contributed by atoms with Crippen LogP contribution in [0.15, 0.2) is 30.3 Å². The molecule has 0 bridgehead atoms. The Balaban J connectivity index is 1.99. The first-order valence-electron chi connectivity index (χ1n) is 7.37. The lowest BCUT2D eigenvalue weighted by Crippen LogP contribution is -2.48. The van der Waals surface area contributed by atoms with E-state index in [4.69, 9.17) is 0 Å². The van der Waals surface area contributed by atoms with Crippen molar-refractivity contribution in [1.29, 1.82) is 0 Å². The number of likely N-dealkylation sites (N-methyl/N-ethyl adjacent to an activating group) is 1. The van der Waals surface area contributed by atoms with Crippen LogP contribution in [0.2, 0.25) is 0 Å². The predicted octanol–water partition coefficient (Wildman–Crippen LogP) is 0.617. The minimum absolute atomic E-state index is 0.0117. The van der Waals surface area contributed by atoms with Gasteiger partial charge in [0.15, 0.2) is 0 Å². The van der Waals surface area contributed by atoms with Gasteiger partial charge < -0.3 is 9.80 Å². The first kappa shape index (κ1) is 16.8. The fourth-order valence-corrected chi connectivity index (χ4v) is 3.42. The van der Waals surface area contributed by atoms with Crippen LogP contribution < -0.4 is 4.31 Å². The van der Waals surface area contributed by atoms with E-state index in [1.807, 2.05) is 18.0 Å². The van der Waals surface area contributed by atoms with Crippen molar-refractivity contribution in [3.05, 3.63) is 30.3 Å². The number of sulfonamides is 1. The van der Waals surface area contributed by atoms with Crippen LogP contribution in [0.5, 0.6) is 0 Å². The molecule has 2 rings (SSSR count). The van der Waals surface area contributed by atoms with Crippen LogP contribution in [-0.2, 0) is 14.8 Å². The Bertz CT molecular complexity index is 596. The molecule has 7 heteroatoms. The molecule has 1 aliphatic rings. The lowest BCUT2D eigenvalue weighted by molar-refractivity contribution is -0.132. The zero-order valence-corrected chi connectivity index (χ0v) is 13.9. The molecule has 1 heterocycles. The Kier molecular flexibility index (Phi) is 5.42. The zero-order valence-electron chi connectivity index (χ0n) is 13.1. The van der Waals surface area contributed by atoms with Gasteiger partial charge in [0, 0.05) is 39.1 Å². The van der Waals surface area contributed by atoms with Crippen LogP contribution in [0, 0.1) is 0 Å². The summed E-state index contributed by atoms with van der Waals surface area (Å²) in [6, 6.07) is 8.88.